The van der Waals surface area contributed by atoms with Crippen molar-refractivity contribution >= 4 is 29.9 Å². The normalized spacial score (nSPS) is 10.6. The topological polar surface area (TPSA) is 73.3 Å². The molecule has 0 aliphatic rings. The summed E-state index contributed by atoms with van der Waals surface area (Å²) in [5.41, 5.74) is 1.03. The Morgan fingerprint density at radius 2 is 1.62 bits per heavy atom. The lowest BCUT2D eigenvalue weighted by Crippen LogP contribution is -2.39. The van der Waals surface area contributed by atoms with E-state index in [0.717, 1.165) is 17.9 Å². The molecule has 0 heterocycles. The molecule has 0 amide bonds. The minimum atomic E-state index is 0. The quantitative estimate of drug-likeness (QED) is 0.257. The molecule has 0 radical (unpaired) electrons. The zero-order valence-corrected chi connectivity index (χ0v) is 17.3. The van der Waals surface area contributed by atoms with E-state index >= 15 is 0 Å². The highest BCUT2D eigenvalue weighted by Gasteiger charge is 2.15. The molecule has 0 unspecified atom stereocenters. The van der Waals surface area contributed by atoms with Crippen LogP contribution in [-0.4, -0.2) is 61.1 Å². The highest BCUT2D eigenvalue weighted by Crippen LogP contribution is 2.39. The van der Waals surface area contributed by atoms with Crippen LogP contribution < -0.4 is 24.8 Å². The molecule has 0 saturated heterocycles. The number of hydrogen-bond acceptors (Lipinski definition) is 5. The number of aliphatic imine (C=N–C) groups is 1. The first-order chi connectivity index (χ1) is 11.2. The van der Waals surface area contributed by atoms with Crippen LogP contribution in [0.2, 0.25) is 0 Å². The van der Waals surface area contributed by atoms with Gasteiger partial charge in [0.1, 0.15) is 0 Å². The summed E-state index contributed by atoms with van der Waals surface area (Å²) in [6, 6.07) is 3.85. The molecule has 8 heteroatoms. The predicted octanol–water partition coefficient (Wildman–Crippen LogP) is 1.68. The van der Waals surface area contributed by atoms with E-state index in [0.29, 0.717) is 36.9 Å². The third kappa shape index (κ3) is 6.60. The Labute approximate surface area is 161 Å². The van der Waals surface area contributed by atoms with Crippen LogP contribution in [0.1, 0.15) is 5.56 Å². The number of ether oxygens (including phenoxy) is 4. The molecule has 0 aliphatic heterocycles. The van der Waals surface area contributed by atoms with E-state index in [2.05, 4.69) is 15.6 Å². The second-order valence-electron chi connectivity index (χ2n) is 4.66. The standard InChI is InChI=1S/C16H27N3O4.HI/c1-17-16(19-10-11-20-2)18-9-8-12-6-7-13(21-3)15(23-5)14(12)22-4;/h6-7H,8-11H2,1-5H3,(H2,17,18,19);1H. The van der Waals surface area contributed by atoms with Gasteiger partial charge in [-0.1, -0.05) is 6.07 Å². The van der Waals surface area contributed by atoms with E-state index in [1.807, 2.05) is 12.1 Å². The summed E-state index contributed by atoms with van der Waals surface area (Å²) >= 11 is 0. The van der Waals surface area contributed by atoms with Gasteiger partial charge in [0.25, 0.3) is 0 Å². The summed E-state index contributed by atoms with van der Waals surface area (Å²) in [6.45, 7) is 2.04. The van der Waals surface area contributed by atoms with Gasteiger partial charge in [-0.3, -0.25) is 4.99 Å². The van der Waals surface area contributed by atoms with Crippen molar-refractivity contribution in [3.63, 3.8) is 0 Å². The first kappa shape index (κ1) is 22.6. The first-order valence-corrected chi connectivity index (χ1v) is 7.43. The van der Waals surface area contributed by atoms with Gasteiger partial charge in [0.2, 0.25) is 5.75 Å². The maximum Gasteiger partial charge on any atom is 0.203 e. The van der Waals surface area contributed by atoms with Crippen LogP contribution in [-0.2, 0) is 11.2 Å². The van der Waals surface area contributed by atoms with Crippen molar-refractivity contribution in [1.82, 2.24) is 10.6 Å². The van der Waals surface area contributed by atoms with Crippen molar-refractivity contribution in [2.24, 2.45) is 4.99 Å². The molecule has 7 nitrogen and oxygen atoms in total. The zero-order chi connectivity index (χ0) is 17.1. The van der Waals surface area contributed by atoms with Crippen LogP contribution in [0.25, 0.3) is 0 Å². The molecule has 1 aromatic rings. The maximum absolute atomic E-state index is 5.48. The maximum atomic E-state index is 5.48. The smallest absolute Gasteiger partial charge is 0.203 e. The second kappa shape index (κ2) is 12.9. The Bertz CT molecular complexity index is 512. The molecule has 1 aromatic carbocycles. The molecular formula is C16H28IN3O4. The fourth-order valence-corrected chi connectivity index (χ4v) is 2.17. The second-order valence-corrected chi connectivity index (χ2v) is 4.66. The van der Waals surface area contributed by atoms with Crippen molar-refractivity contribution in [1.29, 1.82) is 0 Å². The summed E-state index contributed by atoms with van der Waals surface area (Å²) < 4.78 is 21.2. The monoisotopic (exact) mass is 453 g/mol. The molecule has 138 valence electrons. The average Bonchev–Trinajstić information content (AvgIpc) is 2.59. The van der Waals surface area contributed by atoms with Crippen molar-refractivity contribution in [3.8, 4) is 17.2 Å². The number of guanidine groups is 1. The lowest BCUT2D eigenvalue weighted by atomic mass is 10.1. The number of nitrogens with one attached hydrogen (secondary N) is 2. The fraction of sp³-hybridized carbons (Fsp3) is 0.562. The number of rotatable bonds is 9. The Morgan fingerprint density at radius 3 is 2.17 bits per heavy atom. The van der Waals surface area contributed by atoms with E-state index in [9.17, 15) is 0 Å². The van der Waals surface area contributed by atoms with Gasteiger partial charge in [0, 0.05) is 32.8 Å². The summed E-state index contributed by atoms with van der Waals surface area (Å²) in [4.78, 5) is 4.16. The number of halogens is 1. The highest BCUT2D eigenvalue weighted by atomic mass is 127. The van der Waals surface area contributed by atoms with Crippen LogP contribution in [0.4, 0.5) is 0 Å². The van der Waals surface area contributed by atoms with Crippen molar-refractivity contribution in [2.45, 2.75) is 6.42 Å². The predicted molar refractivity (Wildman–Crippen MR) is 106 cm³/mol. The van der Waals surface area contributed by atoms with Gasteiger partial charge in [0.15, 0.2) is 17.5 Å². The van der Waals surface area contributed by atoms with Crippen LogP contribution in [0.5, 0.6) is 17.2 Å². The summed E-state index contributed by atoms with van der Waals surface area (Å²) in [7, 11) is 8.23. The Balaban J connectivity index is 0.00000529. The third-order valence-corrected chi connectivity index (χ3v) is 3.29. The largest absolute Gasteiger partial charge is 0.493 e. The van der Waals surface area contributed by atoms with Crippen LogP contribution in [0.15, 0.2) is 17.1 Å². The minimum absolute atomic E-state index is 0. The molecule has 0 atom stereocenters. The summed E-state index contributed by atoms with van der Waals surface area (Å²) in [6.07, 6.45) is 0.758. The van der Waals surface area contributed by atoms with Gasteiger partial charge < -0.3 is 29.6 Å². The van der Waals surface area contributed by atoms with E-state index in [1.165, 1.54) is 0 Å². The lowest BCUT2D eigenvalue weighted by Gasteiger charge is -2.16. The molecule has 24 heavy (non-hydrogen) atoms. The molecule has 0 aliphatic carbocycles. The number of benzene rings is 1. The van der Waals surface area contributed by atoms with E-state index in [1.54, 1.807) is 35.5 Å². The van der Waals surface area contributed by atoms with Crippen LogP contribution >= 0.6 is 24.0 Å². The SMILES string of the molecule is CN=C(NCCOC)NCCc1ccc(OC)c(OC)c1OC.I. The summed E-state index contributed by atoms with van der Waals surface area (Å²) in [5, 5.41) is 6.41. The first-order valence-electron chi connectivity index (χ1n) is 7.43. The summed E-state index contributed by atoms with van der Waals surface area (Å²) in [5.74, 6) is 2.69. The number of nitrogens with zero attached hydrogens (tertiary/aromatic N) is 1. The van der Waals surface area contributed by atoms with Gasteiger partial charge in [-0.05, 0) is 12.5 Å². The number of hydrogen-bond donors (Lipinski definition) is 2. The van der Waals surface area contributed by atoms with Crippen LogP contribution in [0.3, 0.4) is 0 Å². The van der Waals surface area contributed by atoms with Crippen molar-refractivity contribution in [3.05, 3.63) is 17.7 Å². The average molecular weight is 453 g/mol. The van der Waals surface area contributed by atoms with Gasteiger partial charge in [-0.15, -0.1) is 24.0 Å². The molecule has 0 saturated carbocycles. The molecule has 0 bridgehead atoms. The minimum Gasteiger partial charge on any atom is -0.493 e. The van der Waals surface area contributed by atoms with Gasteiger partial charge in [0.05, 0.1) is 27.9 Å². The van der Waals surface area contributed by atoms with Gasteiger partial charge in [-0.2, -0.15) is 0 Å². The molecule has 0 spiro atoms. The number of methoxy groups -OCH3 is 4. The van der Waals surface area contributed by atoms with Gasteiger partial charge >= 0.3 is 0 Å². The molecular weight excluding hydrogens is 425 g/mol. The molecule has 2 N–H and O–H groups in total. The van der Waals surface area contributed by atoms with Crippen LogP contribution in [0, 0.1) is 0 Å². The Kier molecular flexibility index (Phi) is 12.2. The van der Waals surface area contributed by atoms with Gasteiger partial charge in [-0.25, -0.2) is 0 Å². The zero-order valence-electron chi connectivity index (χ0n) is 15.0. The Morgan fingerprint density at radius 1 is 0.958 bits per heavy atom. The Hall–Kier alpha value is -1.42. The molecule has 0 fully saturated rings. The van der Waals surface area contributed by atoms with E-state index in [4.69, 9.17) is 18.9 Å². The molecule has 1 rings (SSSR count). The van der Waals surface area contributed by atoms with Crippen molar-refractivity contribution in [2.75, 3.05) is 55.2 Å². The van der Waals surface area contributed by atoms with E-state index < -0.39 is 0 Å². The van der Waals surface area contributed by atoms with Crippen molar-refractivity contribution < 1.29 is 18.9 Å². The van der Waals surface area contributed by atoms with E-state index in [-0.39, 0.29) is 24.0 Å². The fourth-order valence-electron chi connectivity index (χ4n) is 2.17. The highest BCUT2D eigenvalue weighted by molar-refractivity contribution is 14.0. The lowest BCUT2D eigenvalue weighted by molar-refractivity contribution is 0.203. The molecule has 0 aromatic heterocycles. The third-order valence-electron chi connectivity index (χ3n) is 3.29.